The first-order chi connectivity index (χ1) is 17.2. The Labute approximate surface area is 202 Å². The average molecular weight is 447 g/mol. The smallest absolute Gasteiger partial charge is 0.146 e. The van der Waals surface area contributed by atoms with Crippen LogP contribution in [-0.2, 0) is 0 Å². The Balaban J connectivity index is 1.66. The Morgan fingerprint density at radius 3 is 2.20 bits per heavy atom. The van der Waals surface area contributed by atoms with Gasteiger partial charge >= 0.3 is 0 Å². The number of hydrogen-bond acceptors (Lipinski definition) is 1. The maximum atomic E-state index is 5.09. The second-order valence-corrected chi connectivity index (χ2v) is 8.98. The van der Waals surface area contributed by atoms with Crippen LogP contribution in [0.5, 0.6) is 0 Å². The van der Waals surface area contributed by atoms with Crippen LogP contribution in [0.3, 0.4) is 0 Å². The lowest BCUT2D eigenvalue weighted by atomic mass is 9.93. The van der Waals surface area contributed by atoms with Crippen LogP contribution in [0.4, 0.5) is 0 Å². The summed E-state index contributed by atoms with van der Waals surface area (Å²) < 4.78 is 2.30. The van der Waals surface area contributed by atoms with Gasteiger partial charge in [0.2, 0.25) is 0 Å². The first-order valence-electron chi connectivity index (χ1n) is 11.8. The molecule has 35 heavy (non-hydrogen) atoms. The molecular weight excluding hydrogens is 424 g/mol. The predicted molar refractivity (Wildman–Crippen MR) is 150 cm³/mol. The van der Waals surface area contributed by atoms with E-state index in [0.29, 0.717) is 0 Å². The molecule has 0 saturated heterocycles. The summed E-state index contributed by atoms with van der Waals surface area (Å²) in [7, 11) is 0. The van der Waals surface area contributed by atoms with Crippen molar-refractivity contribution in [3.63, 3.8) is 0 Å². The van der Waals surface area contributed by atoms with Crippen molar-refractivity contribution in [2.45, 2.75) is 0 Å². The lowest BCUT2D eigenvalue weighted by molar-refractivity contribution is 1.31. The Bertz CT molecular complexity index is 2090. The number of fused-ring (bicyclic) bond motifs is 9. The first kappa shape index (κ1) is 19.7. The third-order valence-corrected chi connectivity index (χ3v) is 7.06. The van der Waals surface area contributed by atoms with Crippen LogP contribution in [0.25, 0.3) is 72.9 Å². The molecule has 0 aliphatic heterocycles. The fourth-order valence-corrected chi connectivity index (χ4v) is 5.45. The normalized spacial score (nSPS) is 12.4. The van der Waals surface area contributed by atoms with Gasteiger partial charge in [0.15, 0.2) is 0 Å². The monoisotopic (exact) mass is 446 g/mol. The van der Waals surface area contributed by atoms with E-state index < -0.39 is 0 Å². The molecule has 164 valence electrons. The molecule has 2 heterocycles. The number of allylic oxidation sites excluding steroid dienone is 1. The first-order valence-corrected chi connectivity index (χ1v) is 11.8. The Morgan fingerprint density at radius 1 is 0.657 bits per heavy atom. The van der Waals surface area contributed by atoms with Crippen LogP contribution in [0.1, 0.15) is 0 Å². The van der Waals surface area contributed by atoms with Crippen molar-refractivity contribution in [2.75, 3.05) is 0 Å². The third-order valence-electron chi connectivity index (χ3n) is 7.06. The van der Waals surface area contributed by atoms with Gasteiger partial charge in [0.25, 0.3) is 0 Å². The van der Waals surface area contributed by atoms with E-state index in [1.54, 1.807) is 0 Å². The maximum Gasteiger partial charge on any atom is 0.146 e. The molecule has 0 unspecified atom stereocenters. The van der Waals surface area contributed by atoms with E-state index in [-0.39, 0.29) is 0 Å². The summed E-state index contributed by atoms with van der Waals surface area (Å²) in [4.78, 5) is 5.09. The molecule has 0 fully saturated rings. The topological polar surface area (TPSA) is 17.3 Å². The van der Waals surface area contributed by atoms with Gasteiger partial charge in [-0.2, -0.15) is 0 Å². The minimum absolute atomic E-state index is 0.984. The van der Waals surface area contributed by atoms with Gasteiger partial charge in [-0.15, -0.1) is 0 Å². The van der Waals surface area contributed by atoms with Crippen LogP contribution in [0.15, 0.2) is 110 Å². The quantitative estimate of drug-likeness (QED) is 0.262. The fraction of sp³-hybridized carbons (Fsp3) is 0. The number of hydrogen-bond donors (Lipinski definition) is 0. The number of para-hydroxylation sites is 3. The third kappa shape index (κ3) is 2.80. The molecule has 0 saturated carbocycles. The van der Waals surface area contributed by atoms with Crippen molar-refractivity contribution in [1.82, 2.24) is 9.38 Å². The van der Waals surface area contributed by atoms with Gasteiger partial charge in [-0.3, -0.25) is 4.40 Å². The molecular formula is C33H22N2. The van der Waals surface area contributed by atoms with Crippen LogP contribution in [0, 0.1) is 0 Å². The molecule has 0 aliphatic carbocycles. The number of benzene rings is 5. The van der Waals surface area contributed by atoms with Gasteiger partial charge in [-0.05, 0) is 68.1 Å². The van der Waals surface area contributed by atoms with E-state index in [0.717, 1.165) is 43.5 Å². The standard InChI is InChI=1S/C33H22N2/c1-3-10-22-19-28(25-12-5-4-11-24(25)21(22)2)23-17-18-26-27-13-6-8-15-31(27)35-32-16-9-7-14-30(32)34-33(35)29(26)20-23/h3-20H,1-2H2/b22-10-. The molecule has 0 atom stereocenters. The molecule has 0 spiro atoms. The zero-order valence-electron chi connectivity index (χ0n) is 19.2. The average Bonchev–Trinajstić information content (AvgIpc) is 3.30. The van der Waals surface area contributed by atoms with Crippen LogP contribution >= 0.6 is 0 Å². The molecule has 0 amide bonds. The highest BCUT2D eigenvalue weighted by Crippen LogP contribution is 2.35. The molecule has 0 bridgehead atoms. The highest BCUT2D eigenvalue weighted by atomic mass is 15.0. The van der Waals surface area contributed by atoms with E-state index in [9.17, 15) is 0 Å². The van der Waals surface area contributed by atoms with Crippen molar-refractivity contribution >= 4 is 61.8 Å². The van der Waals surface area contributed by atoms with E-state index in [4.69, 9.17) is 4.98 Å². The zero-order valence-corrected chi connectivity index (χ0v) is 19.2. The second kappa shape index (κ2) is 7.41. The number of rotatable bonds is 2. The Morgan fingerprint density at radius 2 is 1.37 bits per heavy atom. The molecule has 7 aromatic rings. The summed E-state index contributed by atoms with van der Waals surface area (Å²) in [5, 5.41) is 8.06. The Kier molecular flexibility index (Phi) is 4.18. The van der Waals surface area contributed by atoms with Gasteiger partial charge < -0.3 is 0 Å². The summed E-state index contributed by atoms with van der Waals surface area (Å²) in [6.45, 7) is 8.27. The lowest BCUT2D eigenvalue weighted by Crippen LogP contribution is -2.23. The molecule has 5 aromatic carbocycles. The number of imidazole rings is 1. The van der Waals surface area contributed by atoms with Gasteiger partial charge in [-0.25, -0.2) is 4.98 Å². The van der Waals surface area contributed by atoms with Gasteiger partial charge in [0.05, 0.1) is 16.6 Å². The lowest BCUT2D eigenvalue weighted by Gasteiger charge is -2.12. The van der Waals surface area contributed by atoms with Crippen molar-refractivity contribution in [3.8, 4) is 11.1 Å². The highest BCUT2D eigenvalue weighted by molar-refractivity contribution is 6.15. The van der Waals surface area contributed by atoms with E-state index in [2.05, 4.69) is 115 Å². The van der Waals surface area contributed by atoms with Crippen molar-refractivity contribution in [3.05, 3.63) is 120 Å². The number of nitrogens with zero attached hydrogens (tertiary/aromatic N) is 2. The number of aromatic nitrogens is 2. The van der Waals surface area contributed by atoms with Crippen molar-refractivity contribution in [2.24, 2.45) is 0 Å². The molecule has 7 rings (SSSR count). The van der Waals surface area contributed by atoms with Gasteiger partial charge in [0.1, 0.15) is 5.65 Å². The minimum Gasteiger partial charge on any atom is -0.292 e. The minimum atomic E-state index is 0.984. The maximum absolute atomic E-state index is 5.09. The van der Waals surface area contributed by atoms with Gasteiger partial charge in [0, 0.05) is 10.8 Å². The second-order valence-electron chi connectivity index (χ2n) is 8.98. The predicted octanol–water partition coefficient (Wildman–Crippen LogP) is 6.99. The van der Waals surface area contributed by atoms with E-state index in [1.165, 1.54) is 27.2 Å². The van der Waals surface area contributed by atoms with E-state index >= 15 is 0 Å². The van der Waals surface area contributed by atoms with Crippen molar-refractivity contribution in [1.29, 1.82) is 0 Å². The molecule has 0 aliphatic rings. The SMILES string of the molecule is C=C/C=c1/cc(-c2ccc3c4ccccc4n4c5ccccc5nc4c3c2)c2ccccc2c1=C. The van der Waals surface area contributed by atoms with Gasteiger partial charge in [-0.1, -0.05) is 92.0 Å². The summed E-state index contributed by atoms with van der Waals surface area (Å²) >= 11 is 0. The zero-order chi connectivity index (χ0) is 23.5. The van der Waals surface area contributed by atoms with Crippen LogP contribution in [-0.4, -0.2) is 9.38 Å². The van der Waals surface area contributed by atoms with E-state index in [1.807, 2.05) is 12.2 Å². The Hall–Kier alpha value is -4.69. The summed E-state index contributed by atoms with van der Waals surface area (Å²) in [5.74, 6) is 0. The summed E-state index contributed by atoms with van der Waals surface area (Å²) in [5.41, 5.74) is 6.64. The fourth-order valence-electron chi connectivity index (χ4n) is 5.45. The van der Waals surface area contributed by atoms with Crippen molar-refractivity contribution < 1.29 is 0 Å². The summed E-state index contributed by atoms with van der Waals surface area (Å²) in [6.07, 6.45) is 3.86. The van der Waals surface area contributed by atoms with Crippen LogP contribution < -0.4 is 10.4 Å². The molecule has 2 heteroatoms. The molecule has 0 radical (unpaired) electrons. The molecule has 2 aromatic heterocycles. The highest BCUT2D eigenvalue weighted by Gasteiger charge is 2.15. The largest absolute Gasteiger partial charge is 0.292 e. The summed E-state index contributed by atoms with van der Waals surface area (Å²) in [6, 6.07) is 34.5. The molecule has 2 nitrogen and oxygen atoms in total. The van der Waals surface area contributed by atoms with Crippen LogP contribution in [0.2, 0.25) is 0 Å². The number of pyridine rings is 1. The molecule has 0 N–H and O–H groups in total.